The lowest BCUT2D eigenvalue weighted by Gasteiger charge is -2.18. The third kappa shape index (κ3) is 4.50. The summed E-state index contributed by atoms with van der Waals surface area (Å²) in [4.78, 5) is 38.2. The van der Waals surface area contributed by atoms with Gasteiger partial charge in [-0.05, 0) is 51.5 Å². The molecule has 9 heteroatoms. The third-order valence-corrected chi connectivity index (χ3v) is 5.99. The van der Waals surface area contributed by atoms with Gasteiger partial charge in [0.25, 0.3) is 5.91 Å². The first-order valence-electron chi connectivity index (χ1n) is 9.53. The van der Waals surface area contributed by atoms with Gasteiger partial charge in [-0.15, -0.1) is 11.3 Å². The zero-order chi connectivity index (χ0) is 21.1. The number of hydrogen-bond donors (Lipinski definition) is 1. The summed E-state index contributed by atoms with van der Waals surface area (Å²) in [7, 11) is 0. The Kier molecular flexibility index (Phi) is 6.36. The second-order valence-electron chi connectivity index (χ2n) is 7.10. The van der Waals surface area contributed by atoms with E-state index in [0.717, 1.165) is 29.7 Å². The van der Waals surface area contributed by atoms with Crippen LogP contribution in [0.4, 0.5) is 5.00 Å². The lowest BCUT2D eigenvalue weighted by atomic mass is 9.88. The van der Waals surface area contributed by atoms with E-state index in [1.54, 1.807) is 20.8 Å². The Morgan fingerprint density at radius 3 is 2.59 bits per heavy atom. The molecule has 1 N–H and O–H groups in total. The molecule has 0 fully saturated rings. The van der Waals surface area contributed by atoms with E-state index < -0.39 is 24.5 Å². The number of carbonyl (C=O) groups is 3. The zero-order valence-electron chi connectivity index (χ0n) is 16.9. The highest BCUT2D eigenvalue weighted by Gasteiger charge is 2.29. The first-order chi connectivity index (χ1) is 13.8. The van der Waals surface area contributed by atoms with Gasteiger partial charge in [0.05, 0.1) is 17.9 Å². The van der Waals surface area contributed by atoms with E-state index in [1.807, 2.05) is 0 Å². The zero-order valence-corrected chi connectivity index (χ0v) is 17.7. The Morgan fingerprint density at radius 2 is 1.93 bits per heavy atom. The van der Waals surface area contributed by atoms with Crippen molar-refractivity contribution in [2.75, 3.05) is 18.5 Å². The number of rotatable bonds is 6. The van der Waals surface area contributed by atoms with Gasteiger partial charge in [-0.25, -0.2) is 9.59 Å². The van der Waals surface area contributed by atoms with Gasteiger partial charge >= 0.3 is 11.9 Å². The number of nitrogens with zero attached hydrogens (tertiary/aromatic N) is 1. The minimum Gasteiger partial charge on any atom is -0.462 e. The summed E-state index contributed by atoms with van der Waals surface area (Å²) in [6, 6.07) is 0. The van der Waals surface area contributed by atoms with Crippen molar-refractivity contribution in [1.82, 2.24) is 5.16 Å². The van der Waals surface area contributed by atoms with E-state index in [-0.39, 0.29) is 12.2 Å². The molecular weight excluding hydrogens is 396 g/mol. The standard InChI is InChI=1S/C20H24N2O6S/c1-5-26-20(25)17-13-7-6-10(2)8-14(13)29-18(17)21-15(23)9-27-19(24)16-11(3)22-28-12(16)4/h10H,5-9H2,1-4H3,(H,21,23). The van der Waals surface area contributed by atoms with Gasteiger partial charge in [0.2, 0.25) is 0 Å². The highest BCUT2D eigenvalue weighted by Crippen LogP contribution is 2.40. The molecule has 0 bridgehead atoms. The normalized spacial score (nSPS) is 15.5. The van der Waals surface area contributed by atoms with Gasteiger partial charge in [-0.1, -0.05) is 12.1 Å². The maximum atomic E-state index is 12.5. The summed E-state index contributed by atoms with van der Waals surface area (Å²) < 4.78 is 15.2. The van der Waals surface area contributed by atoms with Crippen LogP contribution < -0.4 is 5.32 Å². The molecule has 1 aliphatic carbocycles. The molecule has 8 nitrogen and oxygen atoms in total. The molecule has 0 aliphatic heterocycles. The molecule has 0 radical (unpaired) electrons. The van der Waals surface area contributed by atoms with E-state index in [4.69, 9.17) is 14.0 Å². The van der Waals surface area contributed by atoms with Gasteiger partial charge in [-0.2, -0.15) is 0 Å². The Labute approximate surface area is 172 Å². The van der Waals surface area contributed by atoms with Crippen LogP contribution in [0.15, 0.2) is 4.52 Å². The van der Waals surface area contributed by atoms with E-state index in [0.29, 0.717) is 27.9 Å². The number of esters is 2. The summed E-state index contributed by atoms with van der Waals surface area (Å²) in [5.41, 5.74) is 1.99. The number of fused-ring (bicyclic) bond motifs is 1. The number of aromatic nitrogens is 1. The molecule has 1 unspecified atom stereocenters. The van der Waals surface area contributed by atoms with E-state index in [1.165, 1.54) is 11.3 Å². The fraction of sp³-hybridized carbons (Fsp3) is 0.500. The quantitative estimate of drug-likeness (QED) is 0.713. The smallest absolute Gasteiger partial charge is 0.344 e. The summed E-state index contributed by atoms with van der Waals surface area (Å²) in [5.74, 6) is -0.792. The number of carbonyl (C=O) groups excluding carboxylic acids is 3. The molecule has 2 aromatic rings. The fourth-order valence-electron chi connectivity index (χ4n) is 3.40. The molecule has 0 spiro atoms. The Hall–Kier alpha value is -2.68. The molecule has 0 saturated heterocycles. The molecule has 0 aromatic carbocycles. The Morgan fingerprint density at radius 1 is 1.21 bits per heavy atom. The van der Waals surface area contributed by atoms with Gasteiger partial charge in [0.1, 0.15) is 16.3 Å². The maximum absolute atomic E-state index is 12.5. The van der Waals surface area contributed by atoms with Crippen LogP contribution in [0.2, 0.25) is 0 Å². The summed E-state index contributed by atoms with van der Waals surface area (Å²) >= 11 is 1.39. The van der Waals surface area contributed by atoms with E-state index in [2.05, 4.69) is 17.4 Å². The monoisotopic (exact) mass is 420 g/mol. The molecule has 2 heterocycles. The first-order valence-corrected chi connectivity index (χ1v) is 10.3. The predicted octanol–water partition coefficient (Wildman–Crippen LogP) is 3.45. The van der Waals surface area contributed by atoms with Crippen molar-refractivity contribution in [1.29, 1.82) is 0 Å². The number of nitrogens with one attached hydrogen (secondary N) is 1. The SMILES string of the molecule is CCOC(=O)c1c(NC(=O)COC(=O)c2c(C)noc2C)sc2c1CCC(C)C2. The van der Waals surface area contributed by atoms with Gasteiger partial charge < -0.3 is 19.3 Å². The molecule has 3 rings (SSSR count). The largest absolute Gasteiger partial charge is 0.462 e. The second-order valence-corrected chi connectivity index (χ2v) is 8.21. The number of ether oxygens (including phenoxy) is 2. The van der Waals surface area contributed by atoms with Crippen LogP contribution >= 0.6 is 11.3 Å². The second kappa shape index (κ2) is 8.77. The molecular formula is C20H24N2O6S. The van der Waals surface area contributed by atoms with Crippen molar-refractivity contribution in [3.05, 3.63) is 33.0 Å². The summed E-state index contributed by atoms with van der Waals surface area (Å²) in [6.45, 7) is 6.89. The molecule has 1 amide bonds. The van der Waals surface area contributed by atoms with Crippen LogP contribution in [0.25, 0.3) is 0 Å². The Bertz CT molecular complexity index is 926. The number of aryl methyl sites for hydroxylation is 2. The van der Waals surface area contributed by atoms with Crippen LogP contribution in [0.1, 0.15) is 62.9 Å². The highest BCUT2D eigenvalue weighted by molar-refractivity contribution is 7.17. The molecule has 2 aromatic heterocycles. The van der Waals surface area contributed by atoms with Gasteiger partial charge in [0.15, 0.2) is 6.61 Å². The highest BCUT2D eigenvalue weighted by atomic mass is 32.1. The minimum atomic E-state index is -0.679. The molecule has 156 valence electrons. The topological polar surface area (TPSA) is 108 Å². The number of amides is 1. The molecule has 1 atom stereocenters. The van der Waals surface area contributed by atoms with Crippen molar-refractivity contribution in [2.45, 2.75) is 47.0 Å². The van der Waals surface area contributed by atoms with Crippen molar-refractivity contribution >= 4 is 34.2 Å². The van der Waals surface area contributed by atoms with Crippen molar-refractivity contribution in [3.63, 3.8) is 0 Å². The summed E-state index contributed by atoms with van der Waals surface area (Å²) in [5, 5.41) is 6.86. The maximum Gasteiger partial charge on any atom is 0.344 e. The number of anilines is 1. The molecule has 1 aliphatic rings. The van der Waals surface area contributed by atoms with Crippen molar-refractivity contribution in [3.8, 4) is 0 Å². The number of thiophene rings is 1. The van der Waals surface area contributed by atoms with Crippen LogP contribution in [0.5, 0.6) is 0 Å². The van der Waals surface area contributed by atoms with Crippen LogP contribution in [-0.2, 0) is 27.1 Å². The average Bonchev–Trinajstić information content (AvgIpc) is 3.18. The van der Waals surface area contributed by atoms with Crippen LogP contribution in [-0.4, -0.2) is 36.2 Å². The average molecular weight is 420 g/mol. The summed E-state index contributed by atoms with van der Waals surface area (Å²) in [6.07, 6.45) is 2.62. The van der Waals surface area contributed by atoms with Gasteiger partial charge in [0, 0.05) is 4.88 Å². The van der Waals surface area contributed by atoms with Crippen LogP contribution in [0.3, 0.4) is 0 Å². The van der Waals surface area contributed by atoms with E-state index >= 15 is 0 Å². The van der Waals surface area contributed by atoms with Gasteiger partial charge in [-0.3, -0.25) is 4.79 Å². The lowest BCUT2D eigenvalue weighted by Crippen LogP contribution is -2.22. The van der Waals surface area contributed by atoms with Crippen LogP contribution in [0, 0.1) is 19.8 Å². The fourth-order valence-corrected chi connectivity index (χ4v) is 4.81. The third-order valence-electron chi connectivity index (χ3n) is 4.82. The molecule has 29 heavy (non-hydrogen) atoms. The first kappa shape index (κ1) is 21.0. The van der Waals surface area contributed by atoms with E-state index in [9.17, 15) is 14.4 Å². The Balaban J connectivity index is 1.73. The lowest BCUT2D eigenvalue weighted by molar-refractivity contribution is -0.119. The predicted molar refractivity (Wildman–Crippen MR) is 106 cm³/mol. The number of hydrogen-bond acceptors (Lipinski definition) is 8. The van der Waals surface area contributed by atoms with Crippen molar-refractivity contribution in [2.24, 2.45) is 5.92 Å². The molecule has 0 saturated carbocycles. The minimum absolute atomic E-state index is 0.214. The van der Waals surface area contributed by atoms with Crippen molar-refractivity contribution < 1.29 is 28.4 Å².